The van der Waals surface area contributed by atoms with Gasteiger partial charge >= 0.3 is 0 Å². The molecule has 0 aliphatic carbocycles. The molecule has 1 unspecified atom stereocenters. The van der Waals surface area contributed by atoms with Gasteiger partial charge in [-0.3, -0.25) is 4.79 Å². The summed E-state index contributed by atoms with van der Waals surface area (Å²) in [7, 11) is 1.60. The molecule has 6 heteroatoms. The third-order valence-corrected chi connectivity index (χ3v) is 3.41. The molecule has 1 aliphatic rings. The lowest BCUT2D eigenvalue weighted by molar-refractivity contribution is -0.117. The predicted octanol–water partition coefficient (Wildman–Crippen LogP) is 1.91. The molecule has 1 aromatic heterocycles. The Bertz CT molecular complexity index is 638. The second kappa shape index (κ2) is 4.96. The van der Waals surface area contributed by atoms with Crippen LogP contribution in [0.1, 0.15) is 24.1 Å². The van der Waals surface area contributed by atoms with Crippen molar-refractivity contribution in [3.05, 3.63) is 36.0 Å². The van der Waals surface area contributed by atoms with Gasteiger partial charge in [0, 0.05) is 25.8 Å². The summed E-state index contributed by atoms with van der Waals surface area (Å²) in [6, 6.07) is 7.48. The van der Waals surface area contributed by atoms with Gasteiger partial charge in [-0.15, -0.1) is 0 Å². The average Bonchev–Trinajstić information content (AvgIpc) is 3.05. The van der Waals surface area contributed by atoms with E-state index in [1.807, 2.05) is 24.3 Å². The number of para-hydroxylation sites is 2. The van der Waals surface area contributed by atoms with Crippen LogP contribution in [0.4, 0.5) is 5.69 Å². The molecule has 0 spiro atoms. The molecule has 0 N–H and O–H groups in total. The van der Waals surface area contributed by atoms with Gasteiger partial charge in [-0.05, 0) is 12.1 Å². The fraction of sp³-hybridized carbons (Fsp3) is 0.357. The maximum Gasteiger partial charge on any atom is 0.227 e. The zero-order valence-electron chi connectivity index (χ0n) is 11.4. The molecule has 0 bridgehead atoms. The number of hydrogen-bond donors (Lipinski definition) is 0. The van der Waals surface area contributed by atoms with Crippen molar-refractivity contribution in [3.8, 4) is 5.75 Å². The first kappa shape index (κ1) is 12.7. The van der Waals surface area contributed by atoms with Gasteiger partial charge in [0.1, 0.15) is 5.75 Å². The largest absolute Gasteiger partial charge is 0.495 e. The molecule has 2 heterocycles. The first-order valence-electron chi connectivity index (χ1n) is 6.42. The zero-order chi connectivity index (χ0) is 14.1. The Balaban J connectivity index is 1.87. The Morgan fingerprint density at radius 3 is 2.90 bits per heavy atom. The Hall–Kier alpha value is -2.37. The highest BCUT2D eigenvalue weighted by Crippen LogP contribution is 2.35. The first-order chi connectivity index (χ1) is 9.69. The Morgan fingerprint density at radius 1 is 1.40 bits per heavy atom. The van der Waals surface area contributed by atoms with Crippen LogP contribution in [0.2, 0.25) is 0 Å². The fourth-order valence-corrected chi connectivity index (χ4v) is 2.45. The van der Waals surface area contributed by atoms with E-state index in [2.05, 4.69) is 10.1 Å². The van der Waals surface area contributed by atoms with Crippen LogP contribution in [0.25, 0.3) is 0 Å². The summed E-state index contributed by atoms with van der Waals surface area (Å²) < 4.78 is 10.3. The normalized spacial score (nSPS) is 18.6. The van der Waals surface area contributed by atoms with Crippen molar-refractivity contribution in [1.29, 1.82) is 0 Å². The minimum Gasteiger partial charge on any atom is -0.495 e. The Kier molecular flexibility index (Phi) is 3.14. The number of hydrogen-bond acceptors (Lipinski definition) is 5. The van der Waals surface area contributed by atoms with Gasteiger partial charge in [-0.2, -0.15) is 4.98 Å². The van der Waals surface area contributed by atoms with E-state index in [4.69, 9.17) is 9.26 Å². The second-order valence-electron chi connectivity index (χ2n) is 4.75. The van der Waals surface area contributed by atoms with Gasteiger partial charge in [0.05, 0.1) is 12.8 Å². The van der Waals surface area contributed by atoms with Gasteiger partial charge < -0.3 is 14.2 Å². The molecule has 0 radical (unpaired) electrons. The van der Waals surface area contributed by atoms with Gasteiger partial charge in [-0.25, -0.2) is 0 Å². The number of aromatic nitrogens is 2. The first-order valence-corrected chi connectivity index (χ1v) is 6.42. The third kappa shape index (κ3) is 2.13. The molecule has 2 aromatic rings. The number of methoxy groups -OCH3 is 1. The fourth-order valence-electron chi connectivity index (χ4n) is 2.45. The SMILES string of the molecule is COc1ccccc1N1CC(c2noc(C)n2)CC1=O. The van der Waals surface area contributed by atoms with Crippen molar-refractivity contribution in [2.24, 2.45) is 0 Å². The minimum absolute atomic E-state index is 0.0372. The van der Waals surface area contributed by atoms with Crippen molar-refractivity contribution in [2.45, 2.75) is 19.3 Å². The van der Waals surface area contributed by atoms with Gasteiger partial charge in [-0.1, -0.05) is 17.3 Å². The number of anilines is 1. The van der Waals surface area contributed by atoms with Crippen LogP contribution in [0.15, 0.2) is 28.8 Å². The Morgan fingerprint density at radius 2 is 2.20 bits per heavy atom. The van der Waals surface area contributed by atoms with Gasteiger partial charge in [0.15, 0.2) is 5.82 Å². The summed E-state index contributed by atoms with van der Waals surface area (Å²) in [5.41, 5.74) is 0.780. The van der Waals surface area contributed by atoms with E-state index in [9.17, 15) is 4.79 Å². The van der Waals surface area contributed by atoms with E-state index in [0.29, 0.717) is 30.4 Å². The molecule has 1 amide bonds. The van der Waals surface area contributed by atoms with Crippen LogP contribution < -0.4 is 9.64 Å². The molecule has 1 atom stereocenters. The average molecular weight is 273 g/mol. The van der Waals surface area contributed by atoms with Crippen molar-refractivity contribution in [1.82, 2.24) is 10.1 Å². The van der Waals surface area contributed by atoms with E-state index in [1.54, 1.807) is 18.9 Å². The Labute approximate surface area is 116 Å². The number of carbonyl (C=O) groups excluding carboxylic acids is 1. The van der Waals surface area contributed by atoms with Crippen molar-refractivity contribution >= 4 is 11.6 Å². The zero-order valence-corrected chi connectivity index (χ0v) is 11.4. The van der Waals surface area contributed by atoms with Crippen LogP contribution in [-0.2, 0) is 4.79 Å². The van der Waals surface area contributed by atoms with Crippen LogP contribution in [0.5, 0.6) is 5.75 Å². The number of nitrogens with zero attached hydrogens (tertiary/aromatic N) is 3. The van der Waals surface area contributed by atoms with E-state index < -0.39 is 0 Å². The lowest BCUT2D eigenvalue weighted by Crippen LogP contribution is -2.24. The molecule has 1 fully saturated rings. The van der Waals surface area contributed by atoms with E-state index in [0.717, 1.165) is 5.69 Å². The third-order valence-electron chi connectivity index (χ3n) is 3.41. The molecule has 1 aliphatic heterocycles. The number of amides is 1. The highest BCUT2D eigenvalue weighted by Gasteiger charge is 2.35. The highest BCUT2D eigenvalue weighted by molar-refractivity contribution is 5.97. The van der Waals surface area contributed by atoms with Crippen molar-refractivity contribution in [3.63, 3.8) is 0 Å². The molecule has 104 valence electrons. The number of aryl methyl sites for hydroxylation is 1. The van der Waals surface area contributed by atoms with E-state index >= 15 is 0 Å². The topological polar surface area (TPSA) is 68.5 Å². The molecule has 6 nitrogen and oxygen atoms in total. The van der Waals surface area contributed by atoms with Crippen molar-refractivity contribution in [2.75, 3.05) is 18.6 Å². The molecule has 0 saturated carbocycles. The predicted molar refractivity (Wildman–Crippen MR) is 71.7 cm³/mol. The maximum atomic E-state index is 12.2. The summed E-state index contributed by atoms with van der Waals surface area (Å²) in [5.74, 6) is 1.80. The lowest BCUT2D eigenvalue weighted by Gasteiger charge is -2.18. The molecule has 20 heavy (non-hydrogen) atoms. The number of carbonyl (C=O) groups is 1. The quantitative estimate of drug-likeness (QED) is 0.854. The maximum absolute atomic E-state index is 12.2. The molecule has 1 aromatic carbocycles. The molecule has 3 rings (SSSR count). The van der Waals surface area contributed by atoms with Gasteiger partial charge in [0.25, 0.3) is 0 Å². The van der Waals surface area contributed by atoms with Crippen LogP contribution in [0.3, 0.4) is 0 Å². The summed E-state index contributed by atoms with van der Waals surface area (Å²) in [5, 5.41) is 3.91. The monoisotopic (exact) mass is 273 g/mol. The van der Waals surface area contributed by atoms with Crippen LogP contribution in [0, 0.1) is 6.92 Å². The minimum atomic E-state index is -0.0372. The van der Waals surface area contributed by atoms with Crippen molar-refractivity contribution < 1.29 is 14.1 Å². The van der Waals surface area contributed by atoms with E-state index in [1.165, 1.54) is 0 Å². The number of rotatable bonds is 3. The van der Waals surface area contributed by atoms with Crippen LogP contribution >= 0.6 is 0 Å². The molecular weight excluding hydrogens is 258 g/mol. The number of benzene rings is 1. The highest BCUT2D eigenvalue weighted by atomic mass is 16.5. The van der Waals surface area contributed by atoms with E-state index in [-0.39, 0.29) is 11.8 Å². The summed E-state index contributed by atoms with van der Waals surface area (Å²) >= 11 is 0. The lowest BCUT2D eigenvalue weighted by atomic mass is 10.1. The summed E-state index contributed by atoms with van der Waals surface area (Å²) in [6.07, 6.45) is 0.386. The molecule has 1 saturated heterocycles. The number of ether oxygens (including phenoxy) is 1. The summed E-state index contributed by atoms with van der Waals surface area (Å²) in [6.45, 7) is 2.28. The second-order valence-corrected chi connectivity index (χ2v) is 4.75. The smallest absolute Gasteiger partial charge is 0.227 e. The van der Waals surface area contributed by atoms with Crippen LogP contribution in [-0.4, -0.2) is 29.7 Å². The summed E-state index contributed by atoms with van der Waals surface area (Å²) in [4.78, 5) is 18.1. The standard InChI is InChI=1S/C14H15N3O3/c1-9-15-14(16-20-9)10-7-13(18)17(8-10)11-5-3-4-6-12(11)19-2/h3-6,10H,7-8H2,1-2H3. The van der Waals surface area contributed by atoms with Gasteiger partial charge in [0.2, 0.25) is 11.8 Å². The molecular formula is C14H15N3O3.